The Kier molecular flexibility index (Phi) is 7.59. The van der Waals surface area contributed by atoms with Crippen LogP contribution in [0.3, 0.4) is 0 Å². The van der Waals surface area contributed by atoms with Crippen LogP contribution in [-0.4, -0.2) is 93.4 Å². The number of anilines is 1. The van der Waals surface area contributed by atoms with Crippen LogP contribution in [0, 0.1) is 24.0 Å². The van der Waals surface area contributed by atoms with E-state index in [-0.39, 0.29) is 52.0 Å². The number of fused-ring (bicyclic) bond motifs is 3. The number of carbonyl (C=O) groups excluding carboxylic acids is 1. The summed E-state index contributed by atoms with van der Waals surface area (Å²) in [6.07, 6.45) is 8.90. The molecular weight excluding hydrogens is 597 g/mol. The summed E-state index contributed by atoms with van der Waals surface area (Å²) in [6.45, 7) is 4.85. The predicted octanol–water partition coefficient (Wildman–Crippen LogP) is 4.82. The molecule has 2 atom stereocenters. The molecule has 2 aromatic heterocycles. The van der Waals surface area contributed by atoms with Crippen LogP contribution in [-0.2, 0) is 4.79 Å². The maximum Gasteiger partial charge on any atom is 0.319 e. The van der Waals surface area contributed by atoms with Gasteiger partial charge in [0.15, 0.2) is 5.82 Å². The van der Waals surface area contributed by atoms with Crippen LogP contribution in [0.1, 0.15) is 38.2 Å². The first kappa shape index (κ1) is 30.0. The number of hydrogen-bond acceptors (Lipinski definition) is 8. The van der Waals surface area contributed by atoms with Crippen LogP contribution in [0.5, 0.6) is 11.8 Å². The van der Waals surface area contributed by atoms with Crippen LogP contribution >= 0.6 is 0 Å². The van der Waals surface area contributed by atoms with Gasteiger partial charge in [0, 0.05) is 63.2 Å². The Morgan fingerprint density at radius 1 is 1.15 bits per heavy atom. The van der Waals surface area contributed by atoms with Crippen molar-refractivity contribution < 1.29 is 27.8 Å². The highest BCUT2D eigenvalue weighted by Gasteiger charge is 2.49. The maximum absolute atomic E-state index is 16.8. The van der Waals surface area contributed by atoms with Gasteiger partial charge >= 0.3 is 6.01 Å². The monoisotopic (exact) mass is 630 g/mol. The smallest absolute Gasteiger partial charge is 0.319 e. The Balaban J connectivity index is 1.37. The molecular formula is C34H33F3N6O3. The molecule has 3 aliphatic rings. The largest absolute Gasteiger partial charge is 0.508 e. The van der Waals surface area contributed by atoms with Crippen LogP contribution in [0.4, 0.5) is 19.0 Å². The molecule has 4 aromatic rings. The third-order valence-electron chi connectivity index (χ3n) is 9.57. The average Bonchev–Trinajstić information content (AvgIpc) is 3.43. The highest BCUT2D eigenvalue weighted by atomic mass is 19.1. The van der Waals surface area contributed by atoms with Crippen molar-refractivity contribution in [1.82, 2.24) is 24.8 Å². The van der Waals surface area contributed by atoms with Crippen molar-refractivity contribution in [1.29, 1.82) is 0 Å². The molecule has 3 fully saturated rings. The van der Waals surface area contributed by atoms with Crippen LogP contribution in [0.15, 0.2) is 30.5 Å². The number of phenols is 1. The van der Waals surface area contributed by atoms with Crippen molar-refractivity contribution in [3.8, 4) is 35.4 Å². The van der Waals surface area contributed by atoms with E-state index in [1.54, 1.807) is 4.90 Å². The van der Waals surface area contributed by atoms with Crippen LogP contribution < -0.4 is 9.64 Å². The number of hydrogen-bond donors (Lipinski definition) is 1. The molecule has 3 saturated heterocycles. The molecule has 7 rings (SSSR count). The minimum atomic E-state index is -0.945. The van der Waals surface area contributed by atoms with E-state index < -0.39 is 23.3 Å². The molecule has 0 spiro atoms. The Hall–Kier alpha value is -4.63. The average molecular weight is 631 g/mol. The molecule has 5 heterocycles. The third kappa shape index (κ3) is 5.12. The summed E-state index contributed by atoms with van der Waals surface area (Å²) in [7, 11) is 0. The SMILES string of the molecule is C#Cc1c(F)ccc2cc(O)cc(-c3ncc4c(N5CCCN(C(C)=O)CC5)nc(OC[C@@]56CCCN5C[C@H](F)C6)nc4c3F)c12. The molecule has 0 saturated carbocycles. The Labute approximate surface area is 264 Å². The Bertz CT molecular complexity index is 1920. The van der Waals surface area contributed by atoms with Gasteiger partial charge in [-0.05, 0) is 49.4 Å². The van der Waals surface area contributed by atoms with Crippen molar-refractivity contribution in [2.75, 3.05) is 50.8 Å². The predicted molar refractivity (Wildman–Crippen MR) is 167 cm³/mol. The highest BCUT2D eigenvalue weighted by Crippen LogP contribution is 2.41. The molecule has 12 heteroatoms. The Morgan fingerprint density at radius 3 is 2.80 bits per heavy atom. The number of alkyl halides is 1. The lowest BCUT2D eigenvalue weighted by atomic mass is 9.95. The molecule has 1 amide bonds. The van der Waals surface area contributed by atoms with Crippen molar-refractivity contribution in [2.24, 2.45) is 0 Å². The van der Waals surface area contributed by atoms with Gasteiger partial charge in [-0.2, -0.15) is 9.97 Å². The zero-order valence-electron chi connectivity index (χ0n) is 25.4. The molecule has 0 radical (unpaired) electrons. The van der Waals surface area contributed by atoms with Gasteiger partial charge in [-0.1, -0.05) is 12.0 Å². The first-order valence-electron chi connectivity index (χ1n) is 15.5. The van der Waals surface area contributed by atoms with Gasteiger partial charge < -0.3 is 19.6 Å². The van der Waals surface area contributed by atoms with E-state index in [1.165, 1.54) is 37.4 Å². The van der Waals surface area contributed by atoms with Crippen molar-refractivity contribution in [3.63, 3.8) is 0 Å². The molecule has 46 heavy (non-hydrogen) atoms. The second-order valence-corrected chi connectivity index (χ2v) is 12.4. The molecule has 9 nitrogen and oxygen atoms in total. The number of rotatable bonds is 5. The summed E-state index contributed by atoms with van der Waals surface area (Å²) in [5.41, 5.74) is -0.703. The summed E-state index contributed by atoms with van der Waals surface area (Å²) in [6, 6.07) is 5.31. The normalized spacial score (nSPS) is 21.8. The number of pyridine rings is 1. The molecule has 0 unspecified atom stereocenters. The molecule has 1 N–H and O–H groups in total. The van der Waals surface area contributed by atoms with Crippen molar-refractivity contribution >= 4 is 33.4 Å². The summed E-state index contributed by atoms with van der Waals surface area (Å²) in [4.78, 5) is 31.6. The van der Waals surface area contributed by atoms with Gasteiger partial charge in [0.05, 0.1) is 16.5 Å². The quantitative estimate of drug-likeness (QED) is 0.314. The number of carbonyl (C=O) groups is 1. The second-order valence-electron chi connectivity index (χ2n) is 12.4. The van der Waals surface area contributed by atoms with E-state index in [1.807, 2.05) is 4.90 Å². The lowest BCUT2D eigenvalue weighted by Crippen LogP contribution is -2.43. The number of benzene rings is 2. The number of halogens is 3. The maximum atomic E-state index is 16.8. The van der Waals surface area contributed by atoms with Crippen molar-refractivity contribution in [3.05, 3.63) is 47.7 Å². The van der Waals surface area contributed by atoms with E-state index in [0.717, 1.165) is 19.4 Å². The van der Waals surface area contributed by atoms with E-state index in [9.17, 15) is 18.7 Å². The number of phenolic OH excluding ortho intramolecular Hbond substituents is 1. The summed E-state index contributed by atoms with van der Waals surface area (Å²) >= 11 is 0. The van der Waals surface area contributed by atoms with Gasteiger partial charge in [-0.25, -0.2) is 13.2 Å². The topological polar surface area (TPSA) is 94.9 Å². The molecule has 238 valence electrons. The number of ether oxygens (including phenoxy) is 1. The highest BCUT2D eigenvalue weighted by molar-refractivity contribution is 6.03. The number of aromatic nitrogens is 3. The van der Waals surface area contributed by atoms with Crippen LogP contribution in [0.25, 0.3) is 32.9 Å². The zero-order valence-corrected chi connectivity index (χ0v) is 25.4. The zero-order chi connectivity index (χ0) is 32.2. The van der Waals surface area contributed by atoms with Crippen LogP contribution in [0.2, 0.25) is 0 Å². The molecule has 2 aromatic carbocycles. The lowest BCUT2D eigenvalue weighted by molar-refractivity contribution is -0.128. The van der Waals surface area contributed by atoms with E-state index in [4.69, 9.17) is 16.1 Å². The number of nitrogens with zero attached hydrogens (tertiary/aromatic N) is 6. The van der Waals surface area contributed by atoms with Gasteiger partial charge in [0.2, 0.25) is 5.91 Å². The van der Waals surface area contributed by atoms with E-state index in [0.29, 0.717) is 62.2 Å². The first-order chi connectivity index (χ1) is 22.2. The van der Waals surface area contributed by atoms with Gasteiger partial charge in [-0.15, -0.1) is 6.42 Å². The first-order valence-corrected chi connectivity index (χ1v) is 15.5. The van der Waals surface area contributed by atoms with Gasteiger partial charge in [0.25, 0.3) is 0 Å². The fourth-order valence-electron chi connectivity index (χ4n) is 7.36. The number of aromatic hydroxyl groups is 1. The summed E-state index contributed by atoms with van der Waals surface area (Å²) in [5.74, 6) is 1.06. The van der Waals surface area contributed by atoms with Gasteiger partial charge in [0.1, 0.15) is 41.4 Å². The fraction of sp³-hybridized carbons (Fsp3) is 0.412. The third-order valence-corrected chi connectivity index (χ3v) is 9.57. The minimum Gasteiger partial charge on any atom is -0.508 e. The number of amides is 1. The summed E-state index contributed by atoms with van der Waals surface area (Å²) < 4.78 is 52.2. The Morgan fingerprint density at radius 2 is 2.00 bits per heavy atom. The van der Waals surface area contributed by atoms with Gasteiger partial charge in [-0.3, -0.25) is 14.7 Å². The van der Waals surface area contributed by atoms with E-state index >= 15 is 4.39 Å². The number of terminal acetylenes is 1. The molecule has 3 aliphatic heterocycles. The minimum absolute atomic E-state index is 0.0278. The second kappa shape index (κ2) is 11.6. The fourth-order valence-corrected chi connectivity index (χ4v) is 7.36. The summed E-state index contributed by atoms with van der Waals surface area (Å²) in [5, 5.41) is 11.5. The lowest BCUT2D eigenvalue weighted by Gasteiger charge is -2.31. The molecule has 0 aliphatic carbocycles. The van der Waals surface area contributed by atoms with Crippen molar-refractivity contribution in [2.45, 2.75) is 44.3 Å². The molecule has 0 bridgehead atoms. The van der Waals surface area contributed by atoms with E-state index in [2.05, 4.69) is 20.8 Å². The standard InChI is InChI=1S/C34H33F3N6O3/c1-3-24-27(36)7-6-21-14-23(45)15-25(28(21)24)30-29(37)31-26(17-38-30)32(42-10-5-9-41(12-13-42)20(2)44)40-33(39-31)46-19-34-8-4-11-43(34)18-22(35)16-34/h1,6-7,14-15,17,22,45H,4-5,8-13,16,18-19H2,2H3/t22-,34+/m1/s1.